The van der Waals surface area contributed by atoms with Crippen molar-refractivity contribution in [1.29, 1.82) is 0 Å². The second-order valence-electron chi connectivity index (χ2n) is 5.41. The number of aryl methyl sites for hydroxylation is 1. The first-order valence-electron chi connectivity index (χ1n) is 6.81. The second-order valence-corrected chi connectivity index (χ2v) is 5.79. The molecule has 0 spiro atoms. The van der Waals surface area contributed by atoms with Crippen LogP contribution < -0.4 is 0 Å². The summed E-state index contributed by atoms with van der Waals surface area (Å²) in [6, 6.07) is 8.29. The summed E-state index contributed by atoms with van der Waals surface area (Å²) in [6.45, 7) is 5.22. The summed E-state index contributed by atoms with van der Waals surface area (Å²) in [5.41, 5.74) is 2.20. The number of imidazole rings is 1. The first-order chi connectivity index (χ1) is 9.16. The van der Waals surface area contributed by atoms with E-state index >= 15 is 0 Å². The first-order valence-corrected chi connectivity index (χ1v) is 7.34. The fourth-order valence-corrected chi connectivity index (χ4v) is 3.19. The molecule has 0 amide bonds. The highest BCUT2D eigenvalue weighted by atomic mass is 35.5. The highest BCUT2D eigenvalue weighted by molar-refractivity contribution is 6.17. The fraction of sp³-hybridized carbons (Fsp3) is 0.533. The average molecular weight is 279 g/mol. The zero-order valence-corrected chi connectivity index (χ0v) is 12.2. The second kappa shape index (κ2) is 4.80. The molecule has 0 saturated carbocycles. The van der Waals surface area contributed by atoms with Crippen LogP contribution in [0.5, 0.6) is 0 Å². The Morgan fingerprint density at radius 1 is 1.47 bits per heavy atom. The number of benzene rings is 1. The van der Waals surface area contributed by atoms with Gasteiger partial charge in [-0.25, -0.2) is 4.98 Å². The molecule has 0 bridgehead atoms. The van der Waals surface area contributed by atoms with Gasteiger partial charge in [-0.2, -0.15) is 0 Å². The van der Waals surface area contributed by atoms with Gasteiger partial charge in [-0.15, -0.1) is 11.6 Å². The summed E-state index contributed by atoms with van der Waals surface area (Å²) < 4.78 is 8.14. The number of alkyl halides is 1. The molecule has 1 fully saturated rings. The topological polar surface area (TPSA) is 27.1 Å². The van der Waals surface area contributed by atoms with Gasteiger partial charge in [-0.3, -0.25) is 0 Å². The molecule has 3 nitrogen and oxygen atoms in total. The SMILES string of the molecule is CC1OCCC1(C)n1c(CCCl)nc2ccccc21. The molecule has 4 heteroatoms. The van der Waals surface area contributed by atoms with E-state index in [1.54, 1.807) is 0 Å². The van der Waals surface area contributed by atoms with Gasteiger partial charge < -0.3 is 9.30 Å². The molecule has 1 aliphatic heterocycles. The molecule has 1 saturated heterocycles. The molecular formula is C15H19ClN2O. The Morgan fingerprint density at radius 3 is 2.95 bits per heavy atom. The first kappa shape index (κ1) is 12.9. The molecule has 1 aliphatic rings. The van der Waals surface area contributed by atoms with Crippen molar-refractivity contribution in [2.24, 2.45) is 0 Å². The lowest BCUT2D eigenvalue weighted by atomic mass is 9.93. The Hall–Kier alpha value is -1.06. The minimum absolute atomic E-state index is 0.0303. The molecule has 2 atom stereocenters. The molecule has 19 heavy (non-hydrogen) atoms. The number of fused-ring (bicyclic) bond motifs is 1. The Bertz CT molecular complexity index is 595. The molecule has 3 rings (SSSR count). The molecule has 2 unspecified atom stereocenters. The predicted molar refractivity (Wildman–Crippen MR) is 77.8 cm³/mol. The zero-order chi connectivity index (χ0) is 13.5. The van der Waals surface area contributed by atoms with E-state index in [4.69, 9.17) is 21.3 Å². The van der Waals surface area contributed by atoms with Crippen LogP contribution in [0.2, 0.25) is 0 Å². The number of ether oxygens (including phenoxy) is 1. The van der Waals surface area contributed by atoms with Crippen molar-refractivity contribution in [2.45, 2.75) is 38.3 Å². The normalized spacial score (nSPS) is 27.2. The maximum atomic E-state index is 5.94. The van der Waals surface area contributed by atoms with Crippen LogP contribution in [0.1, 0.15) is 26.1 Å². The Morgan fingerprint density at radius 2 is 2.26 bits per heavy atom. The fourth-order valence-electron chi connectivity index (χ4n) is 3.02. The minimum atomic E-state index is -0.0303. The van der Waals surface area contributed by atoms with E-state index in [2.05, 4.69) is 36.6 Å². The monoisotopic (exact) mass is 278 g/mol. The third kappa shape index (κ3) is 1.96. The standard InChI is InChI=1S/C15H19ClN2O/c1-11-15(2,8-10-19-11)18-13-6-4-3-5-12(13)17-14(18)7-9-16/h3-6,11H,7-10H2,1-2H3. The lowest BCUT2D eigenvalue weighted by Crippen LogP contribution is -2.38. The lowest BCUT2D eigenvalue weighted by Gasteiger charge is -2.32. The van der Waals surface area contributed by atoms with Gasteiger partial charge in [0.2, 0.25) is 0 Å². The van der Waals surface area contributed by atoms with Crippen LogP contribution in [0.15, 0.2) is 24.3 Å². The van der Waals surface area contributed by atoms with Gasteiger partial charge >= 0.3 is 0 Å². The molecule has 0 N–H and O–H groups in total. The maximum Gasteiger partial charge on any atom is 0.111 e. The van der Waals surface area contributed by atoms with E-state index in [1.165, 1.54) is 5.52 Å². The number of para-hydroxylation sites is 2. The molecule has 2 aromatic rings. The van der Waals surface area contributed by atoms with E-state index in [-0.39, 0.29) is 11.6 Å². The lowest BCUT2D eigenvalue weighted by molar-refractivity contribution is 0.0764. The van der Waals surface area contributed by atoms with Gasteiger partial charge in [-0.05, 0) is 32.4 Å². The van der Waals surface area contributed by atoms with Gasteiger partial charge in [0.05, 0.1) is 22.7 Å². The van der Waals surface area contributed by atoms with Crippen molar-refractivity contribution < 1.29 is 4.74 Å². The predicted octanol–water partition coefficient (Wildman–Crippen LogP) is 3.34. The Balaban J connectivity index is 2.22. The molecule has 1 aromatic carbocycles. The van der Waals surface area contributed by atoms with Crippen molar-refractivity contribution in [3.63, 3.8) is 0 Å². The number of halogens is 1. The van der Waals surface area contributed by atoms with E-state index in [1.807, 2.05) is 6.07 Å². The Kier molecular flexibility index (Phi) is 3.27. The summed E-state index contributed by atoms with van der Waals surface area (Å²) in [7, 11) is 0. The molecule has 102 valence electrons. The third-order valence-electron chi connectivity index (χ3n) is 4.31. The van der Waals surface area contributed by atoms with E-state index in [0.29, 0.717) is 5.88 Å². The number of rotatable bonds is 3. The van der Waals surface area contributed by atoms with Crippen molar-refractivity contribution >= 4 is 22.6 Å². The van der Waals surface area contributed by atoms with Gasteiger partial charge in [0, 0.05) is 18.9 Å². The van der Waals surface area contributed by atoms with Crippen LogP contribution in [-0.4, -0.2) is 28.1 Å². The highest BCUT2D eigenvalue weighted by Crippen LogP contribution is 2.37. The van der Waals surface area contributed by atoms with Gasteiger partial charge in [0.1, 0.15) is 5.82 Å². The number of hydrogen-bond donors (Lipinski definition) is 0. The quantitative estimate of drug-likeness (QED) is 0.805. The van der Waals surface area contributed by atoms with Crippen molar-refractivity contribution in [2.75, 3.05) is 12.5 Å². The van der Waals surface area contributed by atoms with Gasteiger partial charge in [-0.1, -0.05) is 12.1 Å². The van der Waals surface area contributed by atoms with Crippen LogP contribution in [0.3, 0.4) is 0 Å². The van der Waals surface area contributed by atoms with Crippen LogP contribution in [0.4, 0.5) is 0 Å². The molecule has 2 heterocycles. The largest absolute Gasteiger partial charge is 0.376 e. The summed E-state index contributed by atoms with van der Waals surface area (Å²) in [5.74, 6) is 1.66. The number of hydrogen-bond acceptors (Lipinski definition) is 2. The average Bonchev–Trinajstić information content (AvgIpc) is 2.92. The smallest absolute Gasteiger partial charge is 0.111 e. The minimum Gasteiger partial charge on any atom is -0.376 e. The highest BCUT2D eigenvalue weighted by Gasteiger charge is 2.40. The van der Waals surface area contributed by atoms with E-state index < -0.39 is 0 Å². The van der Waals surface area contributed by atoms with Crippen molar-refractivity contribution in [3.05, 3.63) is 30.1 Å². The van der Waals surface area contributed by atoms with Gasteiger partial charge in [0.25, 0.3) is 0 Å². The van der Waals surface area contributed by atoms with Crippen LogP contribution in [0, 0.1) is 0 Å². The van der Waals surface area contributed by atoms with Crippen LogP contribution in [0.25, 0.3) is 11.0 Å². The van der Waals surface area contributed by atoms with E-state index in [9.17, 15) is 0 Å². The molecule has 0 radical (unpaired) electrons. The number of aromatic nitrogens is 2. The summed E-state index contributed by atoms with van der Waals surface area (Å²) in [5, 5.41) is 0. The summed E-state index contributed by atoms with van der Waals surface area (Å²) in [4.78, 5) is 4.75. The molecular weight excluding hydrogens is 260 g/mol. The van der Waals surface area contributed by atoms with E-state index in [0.717, 1.165) is 30.8 Å². The van der Waals surface area contributed by atoms with Crippen LogP contribution >= 0.6 is 11.6 Å². The summed E-state index contributed by atoms with van der Waals surface area (Å²) >= 11 is 5.94. The number of nitrogens with zero attached hydrogens (tertiary/aromatic N) is 2. The maximum absolute atomic E-state index is 5.94. The summed E-state index contributed by atoms with van der Waals surface area (Å²) in [6.07, 6.45) is 2.00. The zero-order valence-electron chi connectivity index (χ0n) is 11.4. The van der Waals surface area contributed by atoms with Crippen LogP contribution in [-0.2, 0) is 16.7 Å². The Labute approximate surface area is 118 Å². The molecule has 0 aliphatic carbocycles. The van der Waals surface area contributed by atoms with Gasteiger partial charge in [0.15, 0.2) is 0 Å². The van der Waals surface area contributed by atoms with Crippen molar-refractivity contribution in [3.8, 4) is 0 Å². The van der Waals surface area contributed by atoms with Crippen molar-refractivity contribution in [1.82, 2.24) is 9.55 Å². The third-order valence-corrected chi connectivity index (χ3v) is 4.50. The molecule has 1 aromatic heterocycles.